The number of aliphatic carboxylic acids is 1. The molecular formula is C25H21F2NO4. The standard InChI is InChI=1S/C25H21F2NO4/c1-32-23-13-16(7-9-18(23)15-5-3-2-4-6-15)24(29)28-21(11-12-22(28)25(30)31)19-10-8-17(26)14-20(19)27/h2-10,13-14,21-22H,11-12H2,1H3,(H,30,31)/t21-,22+/m1/s1. The molecule has 2 atom stereocenters. The number of nitrogens with zero attached hydrogens (tertiary/aromatic N) is 1. The highest BCUT2D eigenvalue weighted by Gasteiger charge is 2.43. The lowest BCUT2D eigenvalue weighted by molar-refractivity contribution is -0.141. The highest BCUT2D eigenvalue weighted by Crippen LogP contribution is 2.39. The zero-order chi connectivity index (χ0) is 22.8. The van der Waals surface area contributed by atoms with Gasteiger partial charge in [0.1, 0.15) is 23.4 Å². The number of benzene rings is 3. The van der Waals surface area contributed by atoms with Crippen LogP contribution in [0.1, 0.15) is 34.8 Å². The summed E-state index contributed by atoms with van der Waals surface area (Å²) in [5.41, 5.74) is 2.00. The van der Waals surface area contributed by atoms with Crippen LogP contribution in [0.2, 0.25) is 0 Å². The van der Waals surface area contributed by atoms with Crippen LogP contribution >= 0.6 is 0 Å². The summed E-state index contributed by atoms with van der Waals surface area (Å²) in [7, 11) is 1.49. The molecule has 32 heavy (non-hydrogen) atoms. The van der Waals surface area contributed by atoms with Crippen LogP contribution in [0.5, 0.6) is 5.75 Å². The van der Waals surface area contributed by atoms with E-state index in [1.807, 2.05) is 30.3 Å². The van der Waals surface area contributed by atoms with Gasteiger partial charge in [-0.05, 0) is 42.7 Å². The number of carboxylic acids is 1. The number of halogens is 2. The molecule has 1 saturated heterocycles. The third kappa shape index (κ3) is 3.93. The summed E-state index contributed by atoms with van der Waals surface area (Å²) in [6, 6.07) is 15.6. The van der Waals surface area contributed by atoms with Crippen molar-refractivity contribution >= 4 is 11.9 Å². The lowest BCUT2D eigenvalue weighted by atomic mass is 10.0. The summed E-state index contributed by atoms with van der Waals surface area (Å²) in [4.78, 5) is 26.5. The Hall–Kier alpha value is -3.74. The molecule has 3 aromatic rings. The normalized spacial score (nSPS) is 17.9. The minimum absolute atomic E-state index is 0.0939. The van der Waals surface area contributed by atoms with Crippen molar-refractivity contribution in [3.05, 3.63) is 89.5 Å². The number of carboxylic acid groups (broad SMARTS) is 1. The van der Waals surface area contributed by atoms with Gasteiger partial charge in [-0.15, -0.1) is 0 Å². The molecule has 0 radical (unpaired) electrons. The van der Waals surface area contributed by atoms with E-state index in [0.29, 0.717) is 5.75 Å². The van der Waals surface area contributed by atoms with Crippen LogP contribution in [0, 0.1) is 11.6 Å². The van der Waals surface area contributed by atoms with Crippen molar-refractivity contribution in [2.45, 2.75) is 24.9 Å². The summed E-state index contributed by atoms with van der Waals surface area (Å²) in [6.45, 7) is 0. The van der Waals surface area contributed by atoms with Crippen LogP contribution in [0.15, 0.2) is 66.7 Å². The number of carbonyl (C=O) groups excluding carboxylic acids is 1. The largest absolute Gasteiger partial charge is 0.496 e. The summed E-state index contributed by atoms with van der Waals surface area (Å²) in [5.74, 6) is -2.82. The molecule has 0 unspecified atom stereocenters. The Morgan fingerprint density at radius 2 is 1.75 bits per heavy atom. The van der Waals surface area contributed by atoms with Gasteiger partial charge >= 0.3 is 5.97 Å². The topological polar surface area (TPSA) is 66.8 Å². The minimum atomic E-state index is -1.17. The molecule has 7 heteroatoms. The van der Waals surface area contributed by atoms with E-state index in [0.717, 1.165) is 23.3 Å². The number of hydrogen-bond acceptors (Lipinski definition) is 3. The van der Waals surface area contributed by atoms with E-state index in [-0.39, 0.29) is 24.0 Å². The Bertz CT molecular complexity index is 1170. The summed E-state index contributed by atoms with van der Waals surface area (Å²) in [5, 5.41) is 9.68. The second kappa shape index (κ2) is 8.78. The molecule has 0 aliphatic carbocycles. The molecule has 0 saturated carbocycles. The molecule has 1 N–H and O–H groups in total. The highest BCUT2D eigenvalue weighted by molar-refractivity contribution is 5.98. The zero-order valence-electron chi connectivity index (χ0n) is 17.3. The summed E-state index contributed by atoms with van der Waals surface area (Å²) >= 11 is 0. The first kappa shape index (κ1) is 21.5. The van der Waals surface area contributed by atoms with Crippen molar-refractivity contribution in [2.24, 2.45) is 0 Å². The predicted molar refractivity (Wildman–Crippen MR) is 114 cm³/mol. The molecule has 0 bridgehead atoms. The molecule has 1 fully saturated rings. The van der Waals surface area contributed by atoms with Crippen LogP contribution in [-0.4, -0.2) is 35.0 Å². The maximum absolute atomic E-state index is 14.5. The average molecular weight is 437 g/mol. The number of amides is 1. The van der Waals surface area contributed by atoms with Gasteiger partial charge in [0.05, 0.1) is 13.2 Å². The monoisotopic (exact) mass is 437 g/mol. The second-order valence-electron chi connectivity index (χ2n) is 7.61. The minimum Gasteiger partial charge on any atom is -0.496 e. The van der Waals surface area contributed by atoms with Gasteiger partial charge in [0.25, 0.3) is 5.91 Å². The fourth-order valence-corrected chi connectivity index (χ4v) is 4.24. The molecule has 1 aliphatic heterocycles. The van der Waals surface area contributed by atoms with Gasteiger partial charge in [0.15, 0.2) is 0 Å². The molecular weight excluding hydrogens is 416 g/mol. The Kier molecular flexibility index (Phi) is 5.90. The summed E-state index contributed by atoms with van der Waals surface area (Å²) < 4.78 is 33.4. The van der Waals surface area contributed by atoms with E-state index in [1.54, 1.807) is 18.2 Å². The van der Waals surface area contributed by atoms with Crippen LogP contribution in [0.4, 0.5) is 8.78 Å². The Morgan fingerprint density at radius 3 is 2.41 bits per heavy atom. The van der Waals surface area contributed by atoms with Gasteiger partial charge in [0, 0.05) is 22.8 Å². The molecule has 4 rings (SSSR count). The number of methoxy groups -OCH3 is 1. The van der Waals surface area contributed by atoms with Crippen molar-refractivity contribution < 1.29 is 28.2 Å². The Labute approximate surface area is 183 Å². The molecule has 0 spiro atoms. The van der Waals surface area contributed by atoms with Gasteiger partial charge in [-0.1, -0.05) is 36.4 Å². The SMILES string of the molecule is COc1cc(C(=O)N2[C@@H](c3ccc(F)cc3F)CC[C@H]2C(=O)O)ccc1-c1ccccc1. The molecule has 0 aromatic heterocycles. The van der Waals surface area contributed by atoms with Gasteiger partial charge in [-0.2, -0.15) is 0 Å². The van der Waals surface area contributed by atoms with Crippen LogP contribution in [0.3, 0.4) is 0 Å². The number of ether oxygens (including phenoxy) is 1. The number of likely N-dealkylation sites (tertiary alicyclic amines) is 1. The van der Waals surface area contributed by atoms with E-state index in [4.69, 9.17) is 4.74 Å². The van der Waals surface area contributed by atoms with E-state index in [1.165, 1.54) is 18.1 Å². The molecule has 1 heterocycles. The number of hydrogen-bond donors (Lipinski definition) is 1. The van der Waals surface area contributed by atoms with Crippen molar-refractivity contribution in [3.8, 4) is 16.9 Å². The maximum Gasteiger partial charge on any atom is 0.326 e. The smallest absolute Gasteiger partial charge is 0.326 e. The lowest BCUT2D eigenvalue weighted by Crippen LogP contribution is -2.42. The van der Waals surface area contributed by atoms with Crippen molar-refractivity contribution in [1.82, 2.24) is 4.90 Å². The van der Waals surface area contributed by atoms with Crippen LogP contribution < -0.4 is 4.74 Å². The van der Waals surface area contributed by atoms with E-state index < -0.39 is 35.6 Å². The van der Waals surface area contributed by atoms with E-state index in [2.05, 4.69) is 0 Å². The van der Waals surface area contributed by atoms with Gasteiger partial charge in [0.2, 0.25) is 0 Å². The van der Waals surface area contributed by atoms with E-state index >= 15 is 0 Å². The van der Waals surface area contributed by atoms with E-state index in [9.17, 15) is 23.5 Å². The fourth-order valence-electron chi connectivity index (χ4n) is 4.24. The predicted octanol–water partition coefficient (Wildman–Crippen LogP) is 5.07. The first-order valence-electron chi connectivity index (χ1n) is 10.1. The highest BCUT2D eigenvalue weighted by atomic mass is 19.1. The first-order chi connectivity index (χ1) is 15.4. The maximum atomic E-state index is 14.5. The third-order valence-electron chi connectivity index (χ3n) is 5.76. The molecule has 5 nitrogen and oxygen atoms in total. The fraction of sp³-hybridized carbons (Fsp3) is 0.200. The Balaban J connectivity index is 1.73. The van der Waals surface area contributed by atoms with Crippen LogP contribution in [0.25, 0.3) is 11.1 Å². The van der Waals surface area contributed by atoms with Crippen molar-refractivity contribution in [1.29, 1.82) is 0 Å². The summed E-state index contributed by atoms with van der Waals surface area (Å²) in [6.07, 6.45) is 0.423. The number of carbonyl (C=O) groups is 2. The molecule has 1 aliphatic rings. The van der Waals surface area contributed by atoms with Crippen LogP contribution in [-0.2, 0) is 4.79 Å². The molecule has 1 amide bonds. The van der Waals surface area contributed by atoms with Crippen molar-refractivity contribution in [3.63, 3.8) is 0 Å². The number of rotatable bonds is 5. The lowest BCUT2D eigenvalue weighted by Gasteiger charge is -2.29. The van der Waals surface area contributed by atoms with Gasteiger partial charge < -0.3 is 14.7 Å². The third-order valence-corrected chi connectivity index (χ3v) is 5.76. The van der Waals surface area contributed by atoms with Gasteiger partial charge in [-0.25, -0.2) is 13.6 Å². The molecule has 164 valence electrons. The zero-order valence-corrected chi connectivity index (χ0v) is 17.3. The van der Waals surface area contributed by atoms with Gasteiger partial charge in [-0.3, -0.25) is 4.79 Å². The van der Waals surface area contributed by atoms with Crippen molar-refractivity contribution in [2.75, 3.05) is 7.11 Å². The Morgan fingerprint density at radius 1 is 1.00 bits per heavy atom. The first-order valence-corrected chi connectivity index (χ1v) is 10.1. The molecule has 3 aromatic carbocycles. The quantitative estimate of drug-likeness (QED) is 0.605. The second-order valence-corrected chi connectivity index (χ2v) is 7.61. The average Bonchev–Trinajstić information content (AvgIpc) is 3.24.